The Kier molecular flexibility index (Phi) is 13.6. The highest BCUT2D eigenvalue weighted by Gasteiger charge is 2.40. The van der Waals surface area contributed by atoms with Crippen molar-refractivity contribution in [1.82, 2.24) is 10.6 Å². The standard InChI is InChI=1S/C40H56N2O6SSi/c1-39(2,3)50(5,6)47-30-35(41-38(44)36(48-49(4,45)46)29-31-19-11-7-12-20-31)27-28-37(43)42-40(32-21-13-8-14-22-32,33-23-15-9-16-24-33)34-25-17-10-18-26-34/h8-10,13-18,21-26,31,35-36H,7,11-12,19-20,27-30H2,1-6H3,(H,41,44)(H,42,43)/t35-,36+/m0/s1. The molecule has 10 heteroatoms. The third-order valence-electron chi connectivity index (χ3n) is 10.3. The van der Waals surface area contributed by atoms with Crippen LogP contribution in [-0.4, -0.2) is 53.6 Å². The van der Waals surface area contributed by atoms with E-state index in [1.807, 2.05) is 91.0 Å². The van der Waals surface area contributed by atoms with Gasteiger partial charge in [-0.05, 0) is 53.6 Å². The normalized spacial score (nSPS) is 16.0. The third-order valence-corrected chi connectivity index (χ3v) is 15.4. The van der Waals surface area contributed by atoms with Crippen LogP contribution in [0, 0.1) is 5.92 Å². The van der Waals surface area contributed by atoms with Gasteiger partial charge in [0.1, 0.15) is 5.54 Å². The molecule has 272 valence electrons. The Balaban J connectivity index is 1.61. The van der Waals surface area contributed by atoms with Crippen molar-refractivity contribution in [3.63, 3.8) is 0 Å². The van der Waals surface area contributed by atoms with E-state index in [4.69, 9.17) is 8.61 Å². The van der Waals surface area contributed by atoms with Crippen LogP contribution in [0.2, 0.25) is 18.1 Å². The van der Waals surface area contributed by atoms with Crippen LogP contribution in [0.3, 0.4) is 0 Å². The maximum absolute atomic E-state index is 14.2. The van der Waals surface area contributed by atoms with Gasteiger partial charge >= 0.3 is 0 Å². The number of rotatable bonds is 16. The van der Waals surface area contributed by atoms with Crippen molar-refractivity contribution in [3.05, 3.63) is 108 Å². The van der Waals surface area contributed by atoms with Crippen LogP contribution in [0.5, 0.6) is 0 Å². The summed E-state index contributed by atoms with van der Waals surface area (Å²) in [7, 11) is -6.11. The number of hydrogen-bond acceptors (Lipinski definition) is 6. The molecule has 1 saturated carbocycles. The van der Waals surface area contributed by atoms with Gasteiger partial charge in [-0.25, -0.2) is 0 Å². The van der Waals surface area contributed by atoms with Gasteiger partial charge in [0.05, 0.1) is 18.9 Å². The zero-order chi connectivity index (χ0) is 36.4. The second-order valence-electron chi connectivity index (χ2n) is 15.2. The van der Waals surface area contributed by atoms with Gasteiger partial charge in [0, 0.05) is 6.42 Å². The zero-order valence-electron chi connectivity index (χ0n) is 30.6. The Morgan fingerprint density at radius 3 is 1.74 bits per heavy atom. The lowest BCUT2D eigenvalue weighted by Gasteiger charge is -2.38. The molecule has 0 saturated heterocycles. The van der Waals surface area contributed by atoms with Gasteiger partial charge in [0.15, 0.2) is 14.4 Å². The van der Waals surface area contributed by atoms with Gasteiger partial charge in [0.25, 0.3) is 16.0 Å². The maximum atomic E-state index is 14.2. The summed E-state index contributed by atoms with van der Waals surface area (Å²) in [6.07, 6.45) is 5.73. The van der Waals surface area contributed by atoms with Crippen molar-refractivity contribution in [1.29, 1.82) is 0 Å². The van der Waals surface area contributed by atoms with E-state index in [1.54, 1.807) is 0 Å². The first-order valence-corrected chi connectivity index (χ1v) is 22.6. The Morgan fingerprint density at radius 2 is 1.30 bits per heavy atom. The molecule has 0 bridgehead atoms. The quantitative estimate of drug-likeness (QED) is 0.0892. The third kappa shape index (κ3) is 10.8. The van der Waals surface area contributed by atoms with E-state index in [0.29, 0.717) is 6.42 Å². The smallest absolute Gasteiger partial charge is 0.265 e. The van der Waals surface area contributed by atoms with Crippen molar-refractivity contribution in [2.45, 2.75) is 108 Å². The summed E-state index contributed by atoms with van der Waals surface area (Å²) in [4.78, 5) is 28.0. The van der Waals surface area contributed by atoms with Crippen molar-refractivity contribution >= 4 is 30.2 Å². The molecule has 0 radical (unpaired) electrons. The predicted molar refractivity (Wildman–Crippen MR) is 203 cm³/mol. The predicted octanol–water partition coefficient (Wildman–Crippen LogP) is 7.70. The topological polar surface area (TPSA) is 111 Å². The van der Waals surface area contributed by atoms with Crippen molar-refractivity contribution in [3.8, 4) is 0 Å². The number of hydrogen-bond donors (Lipinski definition) is 2. The summed E-state index contributed by atoms with van der Waals surface area (Å²) in [6.45, 7) is 10.9. The average molecular weight is 721 g/mol. The molecule has 50 heavy (non-hydrogen) atoms. The lowest BCUT2D eigenvalue weighted by molar-refractivity contribution is -0.130. The minimum absolute atomic E-state index is 0.0670. The number of amides is 2. The molecule has 1 aliphatic rings. The van der Waals surface area contributed by atoms with Gasteiger partial charge in [-0.1, -0.05) is 144 Å². The number of carbonyl (C=O) groups excluding carboxylic acids is 2. The van der Waals surface area contributed by atoms with Crippen molar-refractivity contribution in [2.24, 2.45) is 5.92 Å². The van der Waals surface area contributed by atoms with E-state index in [2.05, 4.69) is 44.5 Å². The van der Waals surface area contributed by atoms with Gasteiger partial charge in [-0.15, -0.1) is 0 Å². The number of benzene rings is 3. The molecule has 0 aliphatic heterocycles. The van der Waals surface area contributed by atoms with Crippen LogP contribution >= 0.6 is 0 Å². The van der Waals surface area contributed by atoms with Crippen LogP contribution in [0.4, 0.5) is 0 Å². The molecule has 3 aromatic carbocycles. The SMILES string of the molecule is CC(C)(C)[Si](C)(C)OC[C@H](CCC(=O)NC(c1ccccc1)(c1ccccc1)c1ccccc1)NC(=O)[C@@H](CC1CCCCC1)OS(C)(=O)=O. The van der Waals surface area contributed by atoms with E-state index in [-0.39, 0.29) is 36.3 Å². The van der Waals surface area contributed by atoms with Gasteiger partial charge in [-0.3, -0.25) is 13.8 Å². The van der Waals surface area contributed by atoms with Crippen LogP contribution in [-0.2, 0) is 33.9 Å². The molecule has 2 atom stereocenters. The Labute approximate surface area is 301 Å². The number of nitrogens with one attached hydrogen (secondary N) is 2. The molecule has 3 aromatic rings. The molecular weight excluding hydrogens is 665 g/mol. The highest BCUT2D eigenvalue weighted by atomic mass is 32.2. The summed E-state index contributed by atoms with van der Waals surface area (Å²) in [5.41, 5.74) is 1.78. The molecule has 0 heterocycles. The Bertz CT molecular complexity index is 1530. The minimum Gasteiger partial charge on any atom is -0.415 e. The summed E-state index contributed by atoms with van der Waals surface area (Å²) < 4.78 is 36.5. The molecule has 0 spiro atoms. The van der Waals surface area contributed by atoms with E-state index in [1.165, 1.54) is 0 Å². The van der Waals surface area contributed by atoms with Crippen LogP contribution < -0.4 is 10.6 Å². The molecule has 4 rings (SSSR count). The van der Waals surface area contributed by atoms with Crippen LogP contribution in [0.15, 0.2) is 91.0 Å². The minimum atomic E-state index is -3.88. The zero-order valence-corrected chi connectivity index (χ0v) is 32.4. The highest BCUT2D eigenvalue weighted by molar-refractivity contribution is 7.86. The molecule has 2 amide bonds. The van der Waals surface area contributed by atoms with Gasteiger partial charge in [0.2, 0.25) is 5.91 Å². The fourth-order valence-corrected chi connectivity index (χ4v) is 8.14. The summed E-state index contributed by atoms with van der Waals surface area (Å²) >= 11 is 0. The van der Waals surface area contributed by atoms with Gasteiger partial charge in [-0.2, -0.15) is 8.42 Å². The molecule has 1 fully saturated rings. The molecule has 0 aromatic heterocycles. The first-order valence-electron chi connectivity index (χ1n) is 17.9. The summed E-state index contributed by atoms with van der Waals surface area (Å²) in [6, 6.07) is 29.2. The molecular formula is C40H56N2O6SSi. The monoisotopic (exact) mass is 720 g/mol. The molecule has 2 N–H and O–H groups in total. The second kappa shape index (κ2) is 17.3. The maximum Gasteiger partial charge on any atom is 0.265 e. The first kappa shape index (κ1) is 39.5. The molecule has 1 aliphatic carbocycles. The highest BCUT2D eigenvalue weighted by Crippen LogP contribution is 2.38. The fraction of sp³-hybridized carbons (Fsp3) is 0.500. The number of carbonyl (C=O) groups is 2. The van der Waals surface area contributed by atoms with E-state index >= 15 is 0 Å². The molecule has 0 unspecified atom stereocenters. The van der Waals surface area contributed by atoms with Crippen molar-refractivity contribution in [2.75, 3.05) is 12.9 Å². The summed E-state index contributed by atoms with van der Waals surface area (Å²) in [5.74, 6) is -0.465. The fourth-order valence-electron chi connectivity index (χ4n) is 6.50. The largest absolute Gasteiger partial charge is 0.415 e. The van der Waals surface area contributed by atoms with Gasteiger partial charge < -0.3 is 15.1 Å². The molecule has 8 nitrogen and oxygen atoms in total. The second-order valence-corrected chi connectivity index (χ2v) is 21.7. The van der Waals surface area contributed by atoms with E-state index < -0.39 is 42.0 Å². The lowest BCUT2D eigenvalue weighted by Crippen LogP contribution is -2.50. The van der Waals surface area contributed by atoms with Crippen LogP contribution in [0.1, 0.15) is 88.8 Å². The first-order chi connectivity index (χ1) is 23.6. The van der Waals surface area contributed by atoms with E-state index in [0.717, 1.165) is 55.1 Å². The Hall–Kier alpha value is -3.31. The lowest BCUT2D eigenvalue weighted by atomic mass is 9.77. The van der Waals surface area contributed by atoms with Crippen LogP contribution in [0.25, 0.3) is 0 Å². The van der Waals surface area contributed by atoms with Crippen molar-refractivity contribution < 1.29 is 26.6 Å². The summed E-state index contributed by atoms with van der Waals surface area (Å²) in [5, 5.41) is 6.39. The Morgan fingerprint density at radius 1 is 0.820 bits per heavy atom. The van der Waals surface area contributed by atoms with E-state index in [9.17, 15) is 18.0 Å². The average Bonchev–Trinajstić information content (AvgIpc) is 3.08.